The summed E-state index contributed by atoms with van der Waals surface area (Å²) in [6.45, 7) is 0.960. The predicted octanol–water partition coefficient (Wildman–Crippen LogP) is -2.65. The number of rotatable bonds is 5. The predicted molar refractivity (Wildman–Crippen MR) is 90.3 cm³/mol. The number of carboxylic acids is 1. The summed E-state index contributed by atoms with van der Waals surface area (Å²) < 4.78 is 4.94. The number of primary amides is 1. The molecule has 0 spiro atoms. The van der Waals surface area contributed by atoms with E-state index in [0.717, 1.165) is 0 Å². The zero-order chi connectivity index (χ0) is 19.2. The van der Waals surface area contributed by atoms with Gasteiger partial charge in [0, 0.05) is 19.4 Å². The number of nitrogens with one attached hydrogen (secondary N) is 1. The van der Waals surface area contributed by atoms with Gasteiger partial charge in [-0.1, -0.05) is 0 Å². The first-order valence-electron chi connectivity index (χ1n) is 7.97. The molecule has 11 nitrogen and oxygen atoms in total. The van der Waals surface area contributed by atoms with Gasteiger partial charge in [0.25, 0.3) is 5.91 Å². The number of ether oxygens (including phenoxy) is 1. The van der Waals surface area contributed by atoms with E-state index in [1.54, 1.807) is 0 Å². The number of nitrogens with zero attached hydrogens (tertiary/aromatic N) is 2. The van der Waals surface area contributed by atoms with Crippen LogP contribution in [0.25, 0.3) is 0 Å². The molecule has 4 amide bonds. The number of carbonyl (C=O) groups excluding carboxylic acids is 4. The van der Waals surface area contributed by atoms with Crippen molar-refractivity contribution in [3.05, 3.63) is 11.3 Å². The van der Waals surface area contributed by atoms with E-state index in [0.29, 0.717) is 13.0 Å². The van der Waals surface area contributed by atoms with Gasteiger partial charge in [-0.15, -0.1) is 0 Å². The van der Waals surface area contributed by atoms with Crippen molar-refractivity contribution in [1.29, 1.82) is 0 Å². The van der Waals surface area contributed by atoms with Gasteiger partial charge in [0.1, 0.15) is 18.3 Å². The fraction of sp³-hybridized carbons (Fsp3) is 0.533. The van der Waals surface area contributed by atoms with Crippen molar-refractivity contribution >= 4 is 59.3 Å². The van der Waals surface area contributed by atoms with Crippen molar-refractivity contribution in [2.75, 3.05) is 19.7 Å². The molecule has 142 valence electrons. The number of carboxylic acid groups (broad SMARTS) is 1. The van der Waals surface area contributed by atoms with E-state index in [1.807, 2.05) is 0 Å². The maximum atomic E-state index is 12.4. The fourth-order valence-electron chi connectivity index (χ4n) is 3.85. The fourth-order valence-corrected chi connectivity index (χ4v) is 3.85. The standard InChI is InChI=1S/C15H18N4O7.Na.H/c1-6(20)18-4-7-2-8(5-26-15(25)17-3-9(16)21)11(14(23)24)19-10(7)12(18)13(19)22;;/h7,10,12H,2-5H2,1H3,(H2,16,21)(H,17,25)(H,23,24);;/t7-,10-,12+;;/m1../s1. The second-order valence-corrected chi connectivity index (χ2v) is 6.43. The van der Waals surface area contributed by atoms with Crippen LogP contribution in [-0.2, 0) is 23.9 Å². The number of nitrogens with two attached hydrogens (primary N) is 1. The van der Waals surface area contributed by atoms with Crippen molar-refractivity contribution in [2.24, 2.45) is 11.7 Å². The van der Waals surface area contributed by atoms with E-state index >= 15 is 0 Å². The Labute approximate surface area is 176 Å². The number of amides is 4. The third-order valence-corrected chi connectivity index (χ3v) is 4.84. The van der Waals surface area contributed by atoms with Crippen LogP contribution < -0.4 is 11.1 Å². The molecule has 0 radical (unpaired) electrons. The third-order valence-electron chi connectivity index (χ3n) is 4.84. The van der Waals surface area contributed by atoms with Crippen molar-refractivity contribution in [1.82, 2.24) is 15.1 Å². The number of β-lactam (4-membered cyclic amide) rings is 1. The molecule has 3 atom stereocenters. The van der Waals surface area contributed by atoms with Crippen molar-refractivity contribution in [2.45, 2.75) is 25.4 Å². The van der Waals surface area contributed by atoms with Gasteiger partial charge >= 0.3 is 41.6 Å². The van der Waals surface area contributed by atoms with Crippen LogP contribution in [0.1, 0.15) is 13.3 Å². The minimum absolute atomic E-state index is 0. The molecule has 3 rings (SSSR count). The first-order valence-corrected chi connectivity index (χ1v) is 7.97. The Morgan fingerprint density at radius 1 is 1.33 bits per heavy atom. The van der Waals surface area contributed by atoms with Crippen LogP contribution in [0.5, 0.6) is 0 Å². The normalized spacial score (nSPS) is 25.2. The van der Waals surface area contributed by atoms with Gasteiger partial charge < -0.3 is 25.8 Å². The van der Waals surface area contributed by atoms with Crippen LogP contribution in [0.15, 0.2) is 11.3 Å². The monoisotopic (exact) mass is 390 g/mol. The molecule has 2 fully saturated rings. The number of alkyl carbamates (subject to hydrolysis) is 1. The molecule has 0 aliphatic carbocycles. The summed E-state index contributed by atoms with van der Waals surface area (Å²) in [5.74, 6) is -2.84. The Balaban J connectivity index is 0.00000261. The Morgan fingerprint density at radius 3 is 2.56 bits per heavy atom. The molecule has 3 heterocycles. The van der Waals surface area contributed by atoms with Gasteiger partial charge in [-0.05, 0) is 12.0 Å². The second-order valence-electron chi connectivity index (χ2n) is 6.43. The van der Waals surface area contributed by atoms with Gasteiger partial charge in [0.15, 0.2) is 0 Å². The molecule has 12 heteroatoms. The first kappa shape index (κ1) is 21.2. The zero-order valence-electron chi connectivity index (χ0n) is 13.9. The molecule has 0 unspecified atom stereocenters. The summed E-state index contributed by atoms with van der Waals surface area (Å²) >= 11 is 0. The van der Waals surface area contributed by atoms with Gasteiger partial charge in [-0.3, -0.25) is 19.3 Å². The first-order chi connectivity index (χ1) is 12.2. The SMILES string of the molecule is CC(=O)N1C[C@H]2CC(COC(=O)NCC(N)=O)=C(C(=O)O)N3C(=O)[C@@H]1[C@@H]23.[NaH]. The summed E-state index contributed by atoms with van der Waals surface area (Å²) in [6, 6.07) is -0.974. The van der Waals surface area contributed by atoms with Crippen LogP contribution in [0, 0.1) is 5.92 Å². The summed E-state index contributed by atoms with van der Waals surface area (Å²) in [5.41, 5.74) is 4.98. The van der Waals surface area contributed by atoms with Gasteiger partial charge in [-0.25, -0.2) is 9.59 Å². The van der Waals surface area contributed by atoms with Gasteiger partial charge in [0.2, 0.25) is 11.8 Å². The molecule has 0 aromatic carbocycles. The molecule has 0 saturated carbocycles. The van der Waals surface area contributed by atoms with E-state index in [-0.39, 0.29) is 65.3 Å². The summed E-state index contributed by atoms with van der Waals surface area (Å²) in [4.78, 5) is 60.6. The van der Waals surface area contributed by atoms with Crippen LogP contribution in [0.2, 0.25) is 0 Å². The minimum atomic E-state index is -1.30. The molecular weight excluding hydrogens is 371 g/mol. The Bertz CT molecular complexity index is 752. The molecule has 0 aromatic heterocycles. The molecule has 3 aliphatic rings. The molecular formula is C15H19N4NaO7. The van der Waals surface area contributed by atoms with Gasteiger partial charge in [0.05, 0.1) is 12.6 Å². The molecule has 3 aliphatic heterocycles. The average molecular weight is 390 g/mol. The number of carbonyl (C=O) groups is 5. The number of likely N-dealkylation sites (tertiary alicyclic amines) is 1. The Kier molecular flexibility index (Phi) is 6.17. The quantitative estimate of drug-likeness (QED) is 0.341. The van der Waals surface area contributed by atoms with Crippen LogP contribution in [0.4, 0.5) is 4.79 Å². The molecule has 27 heavy (non-hydrogen) atoms. The van der Waals surface area contributed by atoms with Crippen molar-refractivity contribution < 1.29 is 33.8 Å². The van der Waals surface area contributed by atoms with E-state index in [2.05, 4.69) is 5.32 Å². The number of hydrogen-bond donors (Lipinski definition) is 3. The summed E-state index contributed by atoms with van der Waals surface area (Å²) in [5, 5.41) is 11.6. The third kappa shape index (κ3) is 3.66. The van der Waals surface area contributed by atoms with Crippen molar-refractivity contribution in [3.63, 3.8) is 0 Å². The van der Waals surface area contributed by atoms with E-state index in [9.17, 15) is 29.1 Å². The molecule has 2 saturated heterocycles. The van der Waals surface area contributed by atoms with Crippen molar-refractivity contribution in [3.8, 4) is 0 Å². The van der Waals surface area contributed by atoms with Gasteiger partial charge in [-0.2, -0.15) is 0 Å². The van der Waals surface area contributed by atoms with E-state index < -0.39 is 36.5 Å². The van der Waals surface area contributed by atoms with E-state index in [1.165, 1.54) is 16.7 Å². The second kappa shape index (κ2) is 7.87. The Morgan fingerprint density at radius 2 is 2.00 bits per heavy atom. The summed E-state index contributed by atoms with van der Waals surface area (Å²) in [7, 11) is 0. The van der Waals surface area contributed by atoms with Crippen LogP contribution in [-0.4, -0.2) is 106 Å². The molecule has 0 bridgehead atoms. The zero-order valence-corrected chi connectivity index (χ0v) is 13.9. The average Bonchev–Trinajstić information content (AvgIpc) is 2.93. The van der Waals surface area contributed by atoms with Crippen LogP contribution in [0.3, 0.4) is 0 Å². The summed E-state index contributed by atoms with van der Waals surface area (Å²) in [6.07, 6.45) is -0.632. The molecule has 4 N–H and O–H groups in total. The van der Waals surface area contributed by atoms with Crippen LogP contribution >= 0.6 is 0 Å². The number of hydrogen-bond acceptors (Lipinski definition) is 6. The number of aliphatic carboxylic acids is 1. The Hall–Kier alpha value is -2.11. The molecule has 0 aromatic rings. The van der Waals surface area contributed by atoms with E-state index in [4.69, 9.17) is 10.5 Å². The topological polar surface area (TPSA) is 159 Å². The maximum absolute atomic E-state index is 12.4.